The summed E-state index contributed by atoms with van der Waals surface area (Å²) in [4.78, 5) is 2.02. The van der Waals surface area contributed by atoms with Crippen LogP contribution in [0.3, 0.4) is 0 Å². The number of halogens is 2. The minimum Gasteiger partial charge on any atom is -0.396 e. The lowest BCUT2D eigenvalue weighted by molar-refractivity contribution is 1.63. The zero-order chi connectivity index (χ0) is 15.0. The van der Waals surface area contributed by atoms with E-state index in [0.717, 1.165) is 29.8 Å². The molecule has 0 aliphatic heterocycles. The van der Waals surface area contributed by atoms with Crippen molar-refractivity contribution in [3.05, 3.63) is 57.5 Å². The lowest BCUT2D eigenvalue weighted by Gasteiger charge is -2.00. The number of nitrogen functional groups attached to an aromatic ring is 2. The maximum Gasteiger partial charge on any atom is 0.0744 e. The summed E-state index contributed by atoms with van der Waals surface area (Å²) in [5.41, 5.74) is 15.9. The Kier molecular flexibility index (Phi) is 4.06. The van der Waals surface area contributed by atoms with Gasteiger partial charge in [-0.15, -0.1) is 11.3 Å². The number of nitrogens with two attached hydrogens (primary N) is 2. The van der Waals surface area contributed by atoms with E-state index in [1.54, 1.807) is 11.3 Å². The van der Waals surface area contributed by atoms with E-state index in [0.29, 0.717) is 11.4 Å². The summed E-state index contributed by atoms with van der Waals surface area (Å²) >= 11 is 8.51. The van der Waals surface area contributed by atoms with Crippen LogP contribution in [0, 0.1) is 0 Å². The molecule has 3 aromatic rings. The minimum absolute atomic E-state index is 0.653. The molecule has 2 aromatic carbocycles. The molecule has 3 rings (SSSR count). The van der Waals surface area contributed by atoms with Crippen LogP contribution in [0.2, 0.25) is 0 Å². The second-order valence-electron chi connectivity index (χ2n) is 4.60. The Morgan fingerprint density at radius 3 is 1.29 bits per heavy atom. The SMILES string of the molecule is Nc1c(-c2ccc(Br)cc2)sc(-c2ccc(Br)cc2)c1N. The molecule has 2 nitrogen and oxygen atoms in total. The predicted octanol–water partition coefficient (Wildman–Crippen LogP) is 5.77. The molecule has 0 saturated heterocycles. The zero-order valence-corrected chi connectivity index (χ0v) is 14.9. The average molecular weight is 424 g/mol. The van der Waals surface area contributed by atoms with Crippen LogP contribution in [0.5, 0.6) is 0 Å². The van der Waals surface area contributed by atoms with Gasteiger partial charge >= 0.3 is 0 Å². The Bertz CT molecular complexity index is 711. The second kappa shape index (κ2) is 5.83. The van der Waals surface area contributed by atoms with Crippen LogP contribution < -0.4 is 11.5 Å². The first-order valence-electron chi connectivity index (χ1n) is 6.26. The van der Waals surface area contributed by atoms with Crippen molar-refractivity contribution in [2.75, 3.05) is 11.5 Å². The monoisotopic (exact) mass is 422 g/mol. The maximum atomic E-state index is 6.21. The molecule has 0 radical (unpaired) electrons. The fourth-order valence-corrected chi connectivity index (χ4v) is 3.77. The number of rotatable bonds is 2. The van der Waals surface area contributed by atoms with Gasteiger partial charge in [-0.2, -0.15) is 0 Å². The van der Waals surface area contributed by atoms with Gasteiger partial charge in [-0.3, -0.25) is 0 Å². The largest absolute Gasteiger partial charge is 0.396 e. The zero-order valence-electron chi connectivity index (χ0n) is 10.9. The van der Waals surface area contributed by atoms with E-state index in [2.05, 4.69) is 31.9 Å². The Hall–Kier alpha value is -1.30. The van der Waals surface area contributed by atoms with Crippen molar-refractivity contribution >= 4 is 54.6 Å². The summed E-state index contributed by atoms with van der Waals surface area (Å²) < 4.78 is 2.09. The minimum atomic E-state index is 0.653. The average Bonchev–Trinajstić information content (AvgIpc) is 2.78. The second-order valence-corrected chi connectivity index (χ2v) is 7.45. The van der Waals surface area contributed by atoms with Crippen molar-refractivity contribution in [2.24, 2.45) is 0 Å². The third-order valence-electron chi connectivity index (χ3n) is 3.20. The van der Waals surface area contributed by atoms with Crippen LogP contribution in [0.15, 0.2) is 57.5 Å². The lowest BCUT2D eigenvalue weighted by atomic mass is 10.1. The standard InChI is InChI=1S/C16H12Br2N2S/c17-11-5-1-9(2-6-11)15-13(19)14(20)16(21-15)10-3-7-12(18)8-4-10/h1-8H,19-20H2. The molecule has 1 heterocycles. The highest BCUT2D eigenvalue weighted by atomic mass is 79.9. The number of anilines is 2. The van der Waals surface area contributed by atoms with Crippen molar-refractivity contribution < 1.29 is 0 Å². The van der Waals surface area contributed by atoms with E-state index < -0.39 is 0 Å². The van der Waals surface area contributed by atoms with Crippen molar-refractivity contribution in [2.45, 2.75) is 0 Å². The summed E-state index contributed by atoms with van der Waals surface area (Å²) in [7, 11) is 0. The van der Waals surface area contributed by atoms with Gasteiger partial charge < -0.3 is 11.5 Å². The number of thiophene rings is 1. The van der Waals surface area contributed by atoms with Gasteiger partial charge in [-0.1, -0.05) is 56.1 Å². The van der Waals surface area contributed by atoms with Gasteiger partial charge in [0.1, 0.15) is 0 Å². The number of hydrogen-bond acceptors (Lipinski definition) is 3. The van der Waals surface area contributed by atoms with Crippen LogP contribution in [0.1, 0.15) is 0 Å². The smallest absolute Gasteiger partial charge is 0.0744 e. The molecule has 0 aliphatic carbocycles. The molecule has 1 aromatic heterocycles. The van der Waals surface area contributed by atoms with Gasteiger partial charge in [0.15, 0.2) is 0 Å². The van der Waals surface area contributed by atoms with Gasteiger partial charge in [0, 0.05) is 8.95 Å². The molecular weight excluding hydrogens is 412 g/mol. The number of hydrogen-bond donors (Lipinski definition) is 2. The molecule has 106 valence electrons. The van der Waals surface area contributed by atoms with Crippen LogP contribution in [-0.4, -0.2) is 0 Å². The van der Waals surface area contributed by atoms with Crippen molar-refractivity contribution in [3.63, 3.8) is 0 Å². The van der Waals surface area contributed by atoms with E-state index in [1.165, 1.54) is 0 Å². The van der Waals surface area contributed by atoms with E-state index in [4.69, 9.17) is 11.5 Å². The molecule has 21 heavy (non-hydrogen) atoms. The highest BCUT2D eigenvalue weighted by Crippen LogP contribution is 2.46. The van der Waals surface area contributed by atoms with E-state index in [9.17, 15) is 0 Å². The molecule has 0 fully saturated rings. The first-order chi connectivity index (χ1) is 10.1. The third-order valence-corrected chi connectivity index (χ3v) is 5.57. The van der Waals surface area contributed by atoms with Crippen LogP contribution in [-0.2, 0) is 0 Å². The highest BCUT2D eigenvalue weighted by Gasteiger charge is 2.16. The summed E-state index contributed by atoms with van der Waals surface area (Å²) in [5.74, 6) is 0. The predicted molar refractivity (Wildman–Crippen MR) is 99.4 cm³/mol. The molecule has 0 spiro atoms. The molecule has 0 amide bonds. The van der Waals surface area contributed by atoms with Gasteiger partial charge in [0.2, 0.25) is 0 Å². The topological polar surface area (TPSA) is 52.0 Å². The normalized spacial score (nSPS) is 10.8. The fourth-order valence-electron chi connectivity index (χ4n) is 2.09. The quantitative estimate of drug-likeness (QED) is 0.549. The van der Waals surface area contributed by atoms with Crippen molar-refractivity contribution in [3.8, 4) is 20.9 Å². The summed E-state index contributed by atoms with van der Waals surface area (Å²) in [6.07, 6.45) is 0. The molecule has 0 aliphatic rings. The van der Waals surface area contributed by atoms with Crippen LogP contribution in [0.4, 0.5) is 11.4 Å². The maximum absolute atomic E-state index is 6.21. The van der Waals surface area contributed by atoms with Crippen LogP contribution in [0.25, 0.3) is 20.9 Å². The first kappa shape index (κ1) is 14.6. The summed E-state index contributed by atoms with van der Waals surface area (Å²) in [6, 6.07) is 16.2. The van der Waals surface area contributed by atoms with E-state index in [-0.39, 0.29) is 0 Å². The van der Waals surface area contributed by atoms with Gasteiger partial charge in [0.05, 0.1) is 21.1 Å². The molecule has 0 atom stereocenters. The molecule has 4 N–H and O–H groups in total. The number of benzene rings is 2. The summed E-state index contributed by atoms with van der Waals surface area (Å²) in [6.45, 7) is 0. The van der Waals surface area contributed by atoms with Gasteiger partial charge in [0.25, 0.3) is 0 Å². The molecule has 0 unspecified atom stereocenters. The van der Waals surface area contributed by atoms with Gasteiger partial charge in [-0.25, -0.2) is 0 Å². The third kappa shape index (κ3) is 2.86. The molecule has 5 heteroatoms. The summed E-state index contributed by atoms with van der Waals surface area (Å²) in [5, 5.41) is 0. The fraction of sp³-hybridized carbons (Fsp3) is 0. The molecular formula is C16H12Br2N2S. The van der Waals surface area contributed by atoms with Crippen LogP contribution >= 0.6 is 43.2 Å². The van der Waals surface area contributed by atoms with Crippen molar-refractivity contribution in [1.82, 2.24) is 0 Å². The van der Waals surface area contributed by atoms with Gasteiger partial charge in [-0.05, 0) is 35.4 Å². The lowest BCUT2D eigenvalue weighted by Crippen LogP contribution is -1.92. The van der Waals surface area contributed by atoms with E-state index >= 15 is 0 Å². The van der Waals surface area contributed by atoms with Crippen molar-refractivity contribution in [1.29, 1.82) is 0 Å². The molecule has 0 saturated carbocycles. The Labute approximate surface area is 144 Å². The van der Waals surface area contributed by atoms with E-state index in [1.807, 2.05) is 48.5 Å². The first-order valence-corrected chi connectivity index (χ1v) is 8.66. The highest BCUT2D eigenvalue weighted by molar-refractivity contribution is 9.10. The Morgan fingerprint density at radius 1 is 0.619 bits per heavy atom. The molecule has 0 bridgehead atoms. The Morgan fingerprint density at radius 2 is 0.952 bits per heavy atom. The Balaban J connectivity index is 2.11.